The molecule has 0 aliphatic carbocycles. The van der Waals surface area contributed by atoms with Crippen molar-refractivity contribution in [1.82, 2.24) is 5.32 Å². The van der Waals surface area contributed by atoms with Gasteiger partial charge in [-0.2, -0.15) is 0 Å². The summed E-state index contributed by atoms with van der Waals surface area (Å²) in [5.74, 6) is 0.0757. The van der Waals surface area contributed by atoms with Gasteiger partial charge in [0.25, 0.3) is 0 Å². The van der Waals surface area contributed by atoms with Crippen LogP contribution in [0.2, 0.25) is 0 Å². The van der Waals surface area contributed by atoms with Crippen molar-refractivity contribution in [3.63, 3.8) is 0 Å². The van der Waals surface area contributed by atoms with Crippen molar-refractivity contribution in [2.24, 2.45) is 0 Å². The van der Waals surface area contributed by atoms with Crippen LogP contribution in [0.25, 0.3) is 0 Å². The van der Waals surface area contributed by atoms with Crippen molar-refractivity contribution in [3.05, 3.63) is 33.8 Å². The number of aryl methyl sites for hydroxylation is 1. The molecule has 0 unspecified atom stereocenters. The monoisotopic (exact) mass is 269 g/mol. The van der Waals surface area contributed by atoms with Gasteiger partial charge in [-0.25, -0.2) is 0 Å². The summed E-state index contributed by atoms with van der Waals surface area (Å²) in [6.45, 7) is 5.95. The third kappa shape index (κ3) is 4.04. The second-order valence-corrected chi connectivity index (χ2v) is 4.84. The molecule has 0 atom stereocenters. The fraction of sp³-hybridized carbons (Fsp3) is 0.417. The number of hydrogen-bond donors (Lipinski definition) is 1. The molecular weight excluding hydrogens is 254 g/mol. The van der Waals surface area contributed by atoms with Gasteiger partial charge in [0.2, 0.25) is 5.91 Å². The lowest BCUT2D eigenvalue weighted by atomic mass is 10.1. The third-order valence-corrected chi connectivity index (χ3v) is 2.93. The van der Waals surface area contributed by atoms with Crippen LogP contribution in [-0.2, 0) is 11.2 Å². The van der Waals surface area contributed by atoms with Gasteiger partial charge in [-0.15, -0.1) is 0 Å². The fourth-order valence-electron chi connectivity index (χ4n) is 1.38. The summed E-state index contributed by atoms with van der Waals surface area (Å²) in [7, 11) is 0. The largest absolute Gasteiger partial charge is 0.354 e. The zero-order valence-electron chi connectivity index (χ0n) is 9.30. The minimum atomic E-state index is 0.0757. The Morgan fingerprint density at radius 2 is 2.13 bits per heavy atom. The predicted octanol–water partition coefficient (Wildman–Crippen LogP) is 2.82. The molecule has 2 nitrogen and oxygen atoms in total. The molecule has 0 saturated heterocycles. The molecule has 0 heterocycles. The number of carbonyl (C=O) groups is 1. The first kappa shape index (κ1) is 12.2. The minimum Gasteiger partial charge on any atom is -0.354 e. The van der Waals surface area contributed by atoms with E-state index in [1.807, 2.05) is 39.0 Å². The van der Waals surface area contributed by atoms with Crippen LogP contribution in [0, 0.1) is 6.92 Å². The zero-order valence-corrected chi connectivity index (χ0v) is 10.9. The van der Waals surface area contributed by atoms with E-state index in [-0.39, 0.29) is 11.9 Å². The maximum absolute atomic E-state index is 11.5. The topological polar surface area (TPSA) is 29.1 Å². The summed E-state index contributed by atoms with van der Waals surface area (Å²) < 4.78 is 1.08. The van der Waals surface area contributed by atoms with Crippen molar-refractivity contribution in [2.45, 2.75) is 33.2 Å². The third-order valence-electron chi connectivity index (χ3n) is 2.04. The van der Waals surface area contributed by atoms with Gasteiger partial charge in [0.05, 0.1) is 6.42 Å². The van der Waals surface area contributed by atoms with Crippen LogP contribution in [0.15, 0.2) is 22.7 Å². The van der Waals surface area contributed by atoms with Crippen LogP contribution in [0.5, 0.6) is 0 Å². The molecule has 0 bridgehead atoms. The molecule has 1 amide bonds. The first-order chi connectivity index (χ1) is 6.99. The van der Waals surface area contributed by atoms with Crippen LogP contribution in [-0.4, -0.2) is 11.9 Å². The lowest BCUT2D eigenvalue weighted by molar-refractivity contribution is -0.120. The van der Waals surface area contributed by atoms with Gasteiger partial charge >= 0.3 is 0 Å². The van der Waals surface area contributed by atoms with E-state index in [0.29, 0.717) is 6.42 Å². The second kappa shape index (κ2) is 5.31. The van der Waals surface area contributed by atoms with E-state index in [4.69, 9.17) is 0 Å². The quantitative estimate of drug-likeness (QED) is 0.899. The van der Waals surface area contributed by atoms with Crippen LogP contribution in [0.3, 0.4) is 0 Å². The van der Waals surface area contributed by atoms with E-state index in [1.165, 1.54) is 0 Å². The van der Waals surface area contributed by atoms with Crippen molar-refractivity contribution in [3.8, 4) is 0 Å². The van der Waals surface area contributed by atoms with E-state index in [2.05, 4.69) is 21.2 Å². The lowest BCUT2D eigenvalue weighted by Gasteiger charge is -2.08. The summed E-state index contributed by atoms with van der Waals surface area (Å²) in [5, 5.41) is 2.87. The second-order valence-electron chi connectivity index (χ2n) is 3.98. The number of amides is 1. The van der Waals surface area contributed by atoms with Crippen molar-refractivity contribution in [2.75, 3.05) is 0 Å². The maximum Gasteiger partial charge on any atom is 0.224 e. The molecule has 3 heteroatoms. The summed E-state index contributed by atoms with van der Waals surface area (Å²) in [5.41, 5.74) is 2.21. The fourth-order valence-corrected chi connectivity index (χ4v) is 1.62. The number of nitrogens with one attached hydrogen (secondary N) is 1. The minimum absolute atomic E-state index is 0.0757. The number of hydrogen-bond acceptors (Lipinski definition) is 1. The van der Waals surface area contributed by atoms with E-state index in [9.17, 15) is 4.79 Å². The standard InChI is InChI=1S/C12H16BrNO/c1-8(2)14-12(15)7-10-4-5-11(13)9(3)6-10/h4-6,8H,7H2,1-3H3,(H,14,15). The Balaban J connectivity index is 2.65. The molecule has 0 aliphatic rings. The average molecular weight is 270 g/mol. The molecule has 0 spiro atoms. The molecule has 0 fully saturated rings. The highest BCUT2D eigenvalue weighted by Gasteiger charge is 2.05. The van der Waals surface area contributed by atoms with Gasteiger partial charge in [0.15, 0.2) is 0 Å². The molecule has 1 rings (SSSR count). The highest BCUT2D eigenvalue weighted by molar-refractivity contribution is 9.10. The Hall–Kier alpha value is -0.830. The van der Waals surface area contributed by atoms with E-state index in [1.54, 1.807) is 0 Å². The lowest BCUT2D eigenvalue weighted by Crippen LogP contribution is -2.31. The molecule has 82 valence electrons. The normalized spacial score (nSPS) is 10.5. The van der Waals surface area contributed by atoms with Crippen molar-refractivity contribution in [1.29, 1.82) is 0 Å². The van der Waals surface area contributed by atoms with Gasteiger partial charge < -0.3 is 5.32 Å². The first-order valence-electron chi connectivity index (χ1n) is 5.03. The highest BCUT2D eigenvalue weighted by Crippen LogP contribution is 2.17. The Morgan fingerprint density at radius 3 is 2.67 bits per heavy atom. The van der Waals surface area contributed by atoms with E-state index < -0.39 is 0 Å². The summed E-state index contributed by atoms with van der Waals surface area (Å²) in [6, 6.07) is 6.18. The molecule has 0 aromatic heterocycles. The smallest absolute Gasteiger partial charge is 0.224 e. The number of halogens is 1. The molecule has 1 N–H and O–H groups in total. The molecule has 1 aromatic carbocycles. The first-order valence-corrected chi connectivity index (χ1v) is 5.82. The number of benzene rings is 1. The van der Waals surface area contributed by atoms with Gasteiger partial charge in [-0.3, -0.25) is 4.79 Å². The SMILES string of the molecule is Cc1cc(CC(=O)NC(C)C)ccc1Br. The van der Waals surface area contributed by atoms with Crippen LogP contribution in [0.4, 0.5) is 0 Å². The molecule has 1 aromatic rings. The average Bonchev–Trinajstić information content (AvgIpc) is 2.10. The van der Waals surface area contributed by atoms with Crippen molar-refractivity contribution >= 4 is 21.8 Å². The van der Waals surface area contributed by atoms with Gasteiger partial charge in [0, 0.05) is 10.5 Å². The molecular formula is C12H16BrNO. The Bertz CT molecular complexity index is 361. The molecule has 0 aliphatic heterocycles. The summed E-state index contributed by atoms with van der Waals surface area (Å²) >= 11 is 3.44. The van der Waals surface area contributed by atoms with Gasteiger partial charge in [-0.05, 0) is 38.0 Å². The van der Waals surface area contributed by atoms with Crippen molar-refractivity contribution < 1.29 is 4.79 Å². The summed E-state index contributed by atoms with van der Waals surface area (Å²) in [6.07, 6.45) is 0.451. The molecule has 0 radical (unpaired) electrons. The number of rotatable bonds is 3. The Kier molecular flexibility index (Phi) is 4.33. The Labute approximate surface area is 99.2 Å². The van der Waals surface area contributed by atoms with Crippen LogP contribution in [0.1, 0.15) is 25.0 Å². The highest BCUT2D eigenvalue weighted by atomic mass is 79.9. The van der Waals surface area contributed by atoms with Gasteiger partial charge in [-0.1, -0.05) is 28.1 Å². The molecule has 0 saturated carbocycles. The van der Waals surface area contributed by atoms with Gasteiger partial charge in [0.1, 0.15) is 0 Å². The predicted molar refractivity (Wildman–Crippen MR) is 65.9 cm³/mol. The van der Waals surface area contributed by atoms with E-state index in [0.717, 1.165) is 15.6 Å². The summed E-state index contributed by atoms with van der Waals surface area (Å²) in [4.78, 5) is 11.5. The number of carbonyl (C=O) groups excluding carboxylic acids is 1. The van der Waals surface area contributed by atoms with Crippen LogP contribution >= 0.6 is 15.9 Å². The van der Waals surface area contributed by atoms with E-state index >= 15 is 0 Å². The molecule has 15 heavy (non-hydrogen) atoms. The van der Waals surface area contributed by atoms with Crippen LogP contribution < -0.4 is 5.32 Å². The maximum atomic E-state index is 11.5. The Morgan fingerprint density at radius 1 is 1.47 bits per heavy atom. The zero-order chi connectivity index (χ0) is 11.4.